The van der Waals surface area contributed by atoms with Gasteiger partial charge in [0.25, 0.3) is 0 Å². The van der Waals surface area contributed by atoms with Crippen LogP contribution < -0.4 is 0 Å². The number of nitrogens with zero attached hydrogens (tertiary/aromatic N) is 1. The Kier molecular flexibility index (Phi) is 3.97. The van der Waals surface area contributed by atoms with Crippen LogP contribution in [0.25, 0.3) is 0 Å². The van der Waals surface area contributed by atoms with Crippen molar-refractivity contribution < 1.29 is 0 Å². The van der Waals surface area contributed by atoms with Crippen LogP contribution in [-0.2, 0) is 6.42 Å². The molecule has 72 valence electrons. The summed E-state index contributed by atoms with van der Waals surface area (Å²) in [6.45, 7) is 2.24. The van der Waals surface area contributed by atoms with Gasteiger partial charge in [-0.2, -0.15) is 0 Å². The molecule has 0 aromatic heterocycles. The molecule has 0 aliphatic rings. The summed E-state index contributed by atoms with van der Waals surface area (Å²) in [4.78, 5) is 2.30. The molecule has 0 saturated heterocycles. The summed E-state index contributed by atoms with van der Waals surface area (Å²) in [5.41, 5.74) is 1.43. The number of hydrogen-bond donors (Lipinski definition) is 0. The van der Waals surface area contributed by atoms with E-state index in [9.17, 15) is 0 Å². The van der Waals surface area contributed by atoms with Crippen molar-refractivity contribution in [2.24, 2.45) is 0 Å². The molecule has 1 atom stereocenters. The summed E-state index contributed by atoms with van der Waals surface area (Å²) in [5, 5.41) is 0. The highest BCUT2D eigenvalue weighted by molar-refractivity contribution is 5.15. The molecule has 0 aliphatic carbocycles. The van der Waals surface area contributed by atoms with Gasteiger partial charge in [-0.1, -0.05) is 37.3 Å². The lowest BCUT2D eigenvalue weighted by molar-refractivity contribution is 0.284. The molecule has 13 heavy (non-hydrogen) atoms. The average molecular weight is 177 g/mol. The van der Waals surface area contributed by atoms with E-state index in [0.29, 0.717) is 6.04 Å². The molecule has 0 saturated carbocycles. The van der Waals surface area contributed by atoms with Gasteiger partial charge in [0.1, 0.15) is 0 Å². The zero-order valence-electron chi connectivity index (χ0n) is 8.83. The van der Waals surface area contributed by atoms with E-state index < -0.39 is 0 Å². The molecule has 1 unspecified atom stereocenters. The summed E-state index contributed by atoms with van der Waals surface area (Å²) in [7, 11) is 4.30. The number of likely N-dealkylation sites (N-methyl/N-ethyl adjacent to an activating group) is 1. The van der Waals surface area contributed by atoms with Crippen LogP contribution in [0.5, 0.6) is 0 Å². The summed E-state index contributed by atoms with van der Waals surface area (Å²) in [6, 6.07) is 11.4. The molecule has 0 aliphatic heterocycles. The molecular formula is C12H19N. The lowest BCUT2D eigenvalue weighted by Gasteiger charge is -2.22. The van der Waals surface area contributed by atoms with Crippen LogP contribution in [0.15, 0.2) is 30.3 Å². The average Bonchev–Trinajstić information content (AvgIpc) is 2.15. The summed E-state index contributed by atoms with van der Waals surface area (Å²) in [5.74, 6) is 0. The Labute approximate surface area is 81.4 Å². The van der Waals surface area contributed by atoms with Crippen LogP contribution in [0.2, 0.25) is 0 Å². The summed E-state index contributed by atoms with van der Waals surface area (Å²) >= 11 is 0. The van der Waals surface area contributed by atoms with Crippen LogP contribution in [0, 0.1) is 0 Å². The molecule has 0 heterocycles. The van der Waals surface area contributed by atoms with Gasteiger partial charge in [-0.3, -0.25) is 0 Å². The van der Waals surface area contributed by atoms with Gasteiger partial charge >= 0.3 is 0 Å². The van der Waals surface area contributed by atoms with Gasteiger partial charge in [-0.25, -0.2) is 0 Å². The van der Waals surface area contributed by atoms with Gasteiger partial charge in [0.2, 0.25) is 0 Å². The SMILES string of the molecule is CCC(Cc1ccccc1)N(C)C. The van der Waals surface area contributed by atoms with Gasteiger partial charge in [-0.15, -0.1) is 0 Å². The molecule has 0 amide bonds. The van der Waals surface area contributed by atoms with E-state index in [4.69, 9.17) is 0 Å². The normalized spacial score (nSPS) is 13.2. The zero-order chi connectivity index (χ0) is 9.68. The van der Waals surface area contributed by atoms with Gasteiger partial charge < -0.3 is 4.90 Å². The van der Waals surface area contributed by atoms with Crippen LogP contribution in [0.3, 0.4) is 0 Å². The third-order valence-corrected chi connectivity index (χ3v) is 2.52. The topological polar surface area (TPSA) is 3.24 Å². The van der Waals surface area contributed by atoms with Crippen LogP contribution in [-0.4, -0.2) is 25.0 Å². The summed E-state index contributed by atoms with van der Waals surface area (Å²) in [6.07, 6.45) is 2.37. The highest BCUT2D eigenvalue weighted by Gasteiger charge is 2.08. The first-order chi connectivity index (χ1) is 6.24. The third kappa shape index (κ3) is 3.19. The van der Waals surface area contributed by atoms with Gasteiger partial charge in [0.05, 0.1) is 0 Å². The highest BCUT2D eigenvalue weighted by atomic mass is 15.1. The van der Waals surface area contributed by atoms with E-state index in [0.717, 1.165) is 6.42 Å². The Morgan fingerprint density at radius 2 is 1.77 bits per heavy atom. The standard InChI is InChI=1S/C12H19N/c1-4-12(13(2)3)10-11-8-6-5-7-9-11/h5-9,12H,4,10H2,1-3H3. The van der Waals surface area contributed by atoms with Crippen molar-refractivity contribution in [3.8, 4) is 0 Å². The Hall–Kier alpha value is -0.820. The Morgan fingerprint density at radius 1 is 1.15 bits per heavy atom. The van der Waals surface area contributed by atoms with Crippen molar-refractivity contribution >= 4 is 0 Å². The van der Waals surface area contributed by atoms with E-state index in [1.165, 1.54) is 12.0 Å². The maximum Gasteiger partial charge on any atom is 0.0127 e. The van der Waals surface area contributed by atoms with Gasteiger partial charge in [0, 0.05) is 6.04 Å². The number of benzene rings is 1. The minimum absolute atomic E-state index is 0.669. The van der Waals surface area contributed by atoms with Gasteiger partial charge in [-0.05, 0) is 32.5 Å². The highest BCUT2D eigenvalue weighted by Crippen LogP contribution is 2.08. The van der Waals surface area contributed by atoms with E-state index in [1.807, 2.05) is 0 Å². The zero-order valence-corrected chi connectivity index (χ0v) is 8.83. The van der Waals surface area contributed by atoms with Crippen molar-refractivity contribution in [3.63, 3.8) is 0 Å². The second kappa shape index (κ2) is 5.03. The molecule has 0 radical (unpaired) electrons. The van der Waals surface area contributed by atoms with E-state index >= 15 is 0 Å². The third-order valence-electron chi connectivity index (χ3n) is 2.52. The second-order valence-electron chi connectivity index (χ2n) is 3.72. The van der Waals surface area contributed by atoms with Crippen molar-refractivity contribution in [1.29, 1.82) is 0 Å². The van der Waals surface area contributed by atoms with E-state index in [-0.39, 0.29) is 0 Å². The van der Waals surface area contributed by atoms with Gasteiger partial charge in [0.15, 0.2) is 0 Å². The van der Waals surface area contributed by atoms with Crippen molar-refractivity contribution in [1.82, 2.24) is 4.90 Å². The fourth-order valence-electron chi connectivity index (χ4n) is 1.58. The largest absolute Gasteiger partial charge is 0.306 e. The molecule has 0 N–H and O–H groups in total. The fraction of sp³-hybridized carbons (Fsp3) is 0.500. The molecule has 1 heteroatoms. The molecule has 0 fully saturated rings. The quantitative estimate of drug-likeness (QED) is 0.683. The fourth-order valence-corrected chi connectivity index (χ4v) is 1.58. The molecule has 1 nitrogen and oxygen atoms in total. The predicted molar refractivity (Wildman–Crippen MR) is 57.9 cm³/mol. The van der Waals surface area contributed by atoms with Crippen molar-refractivity contribution in [2.45, 2.75) is 25.8 Å². The Bertz CT molecular complexity index is 228. The second-order valence-corrected chi connectivity index (χ2v) is 3.72. The first-order valence-electron chi connectivity index (χ1n) is 4.94. The molecular weight excluding hydrogens is 158 g/mol. The lowest BCUT2D eigenvalue weighted by atomic mass is 10.0. The van der Waals surface area contributed by atoms with E-state index in [1.54, 1.807) is 0 Å². The number of rotatable bonds is 4. The lowest BCUT2D eigenvalue weighted by Crippen LogP contribution is -2.29. The molecule has 1 aromatic rings. The first kappa shape index (κ1) is 10.3. The Morgan fingerprint density at radius 3 is 2.23 bits per heavy atom. The minimum Gasteiger partial charge on any atom is -0.306 e. The predicted octanol–water partition coefficient (Wildman–Crippen LogP) is 2.57. The monoisotopic (exact) mass is 177 g/mol. The maximum absolute atomic E-state index is 2.30. The summed E-state index contributed by atoms with van der Waals surface area (Å²) < 4.78 is 0. The maximum atomic E-state index is 2.30. The van der Waals surface area contributed by atoms with Crippen molar-refractivity contribution in [2.75, 3.05) is 14.1 Å². The van der Waals surface area contributed by atoms with Crippen LogP contribution in [0.4, 0.5) is 0 Å². The molecule has 1 rings (SSSR count). The van der Waals surface area contributed by atoms with Crippen LogP contribution in [0.1, 0.15) is 18.9 Å². The molecule has 1 aromatic carbocycles. The van der Waals surface area contributed by atoms with Crippen LogP contribution >= 0.6 is 0 Å². The van der Waals surface area contributed by atoms with E-state index in [2.05, 4.69) is 56.3 Å². The molecule has 0 spiro atoms. The Balaban J connectivity index is 2.57. The smallest absolute Gasteiger partial charge is 0.0127 e. The van der Waals surface area contributed by atoms with Crippen molar-refractivity contribution in [3.05, 3.63) is 35.9 Å². The number of hydrogen-bond acceptors (Lipinski definition) is 1. The minimum atomic E-state index is 0.669. The first-order valence-corrected chi connectivity index (χ1v) is 4.94. The molecule has 0 bridgehead atoms.